The fourth-order valence-corrected chi connectivity index (χ4v) is 2.81. The van der Waals surface area contributed by atoms with Crippen LogP contribution in [0.1, 0.15) is 49.9 Å². The van der Waals surface area contributed by atoms with Gasteiger partial charge in [-0.2, -0.15) is 0 Å². The summed E-state index contributed by atoms with van der Waals surface area (Å²) in [5.74, 6) is 0.427. The molecule has 25 heavy (non-hydrogen) atoms. The van der Waals surface area contributed by atoms with Crippen molar-refractivity contribution in [1.29, 1.82) is 0 Å². The van der Waals surface area contributed by atoms with Gasteiger partial charge >= 0.3 is 0 Å². The molecule has 5 nitrogen and oxygen atoms in total. The lowest BCUT2D eigenvalue weighted by molar-refractivity contribution is -0.404. The van der Waals surface area contributed by atoms with Crippen LogP contribution < -0.4 is 10.6 Å². The molecule has 0 aliphatic heterocycles. The largest absolute Gasteiger partial charge is 0.360 e. The topological polar surface area (TPSA) is 67.2 Å². The molecule has 0 spiro atoms. The van der Waals surface area contributed by atoms with Gasteiger partial charge in [0.25, 0.3) is 6.20 Å². The first-order chi connectivity index (χ1) is 12.1. The van der Waals surface area contributed by atoms with E-state index in [1.54, 1.807) is 0 Å². The second kappa shape index (κ2) is 9.47. The van der Waals surface area contributed by atoms with E-state index in [0.29, 0.717) is 5.82 Å². The summed E-state index contributed by atoms with van der Waals surface area (Å²) in [6, 6.07) is 20.0. The van der Waals surface area contributed by atoms with Crippen molar-refractivity contribution in [3.8, 4) is 0 Å². The Morgan fingerprint density at radius 2 is 1.32 bits per heavy atom. The molecule has 2 aromatic rings. The second-order valence-corrected chi connectivity index (χ2v) is 5.86. The van der Waals surface area contributed by atoms with Crippen molar-refractivity contribution < 1.29 is 4.92 Å². The molecule has 0 radical (unpaired) electrons. The van der Waals surface area contributed by atoms with Crippen LogP contribution in [0.3, 0.4) is 0 Å². The molecular formula is C20H25N3O2. The van der Waals surface area contributed by atoms with Crippen LogP contribution in [0.5, 0.6) is 0 Å². The van der Waals surface area contributed by atoms with Gasteiger partial charge in [0.1, 0.15) is 0 Å². The quantitative estimate of drug-likeness (QED) is 0.520. The molecule has 132 valence electrons. The standard InChI is InChI=1S/C20H25N3O2/c1-3-18(16-11-7-5-8-12-16)21-20(15-23(24)25)22-19(4-2)17-13-9-6-10-14-17/h5-15,18-19,21-22H,3-4H2,1-2H3. The fourth-order valence-electron chi connectivity index (χ4n) is 2.81. The third-order valence-electron chi connectivity index (χ3n) is 4.11. The minimum Gasteiger partial charge on any atom is -0.360 e. The van der Waals surface area contributed by atoms with E-state index in [9.17, 15) is 10.1 Å². The molecule has 5 heteroatoms. The predicted molar refractivity (Wildman–Crippen MR) is 100 cm³/mol. The third kappa shape index (κ3) is 5.64. The van der Waals surface area contributed by atoms with Crippen LogP contribution >= 0.6 is 0 Å². The van der Waals surface area contributed by atoms with Crippen molar-refractivity contribution in [3.05, 3.63) is 93.9 Å². The van der Waals surface area contributed by atoms with E-state index in [1.807, 2.05) is 60.7 Å². The summed E-state index contributed by atoms with van der Waals surface area (Å²) < 4.78 is 0. The van der Waals surface area contributed by atoms with Gasteiger partial charge in [-0.3, -0.25) is 10.1 Å². The van der Waals surface area contributed by atoms with E-state index in [4.69, 9.17) is 0 Å². The van der Waals surface area contributed by atoms with E-state index < -0.39 is 4.92 Å². The Bertz CT molecular complexity index is 635. The van der Waals surface area contributed by atoms with Gasteiger partial charge < -0.3 is 10.6 Å². The number of hydrogen-bond acceptors (Lipinski definition) is 4. The van der Waals surface area contributed by atoms with Gasteiger partial charge in [-0.1, -0.05) is 74.5 Å². The lowest BCUT2D eigenvalue weighted by atomic mass is 10.0. The van der Waals surface area contributed by atoms with Gasteiger partial charge in [-0.15, -0.1) is 0 Å². The fraction of sp³-hybridized carbons (Fsp3) is 0.300. The van der Waals surface area contributed by atoms with Crippen LogP contribution in [0.4, 0.5) is 0 Å². The van der Waals surface area contributed by atoms with Crippen molar-refractivity contribution in [2.45, 2.75) is 38.8 Å². The van der Waals surface area contributed by atoms with Gasteiger partial charge in [0, 0.05) is 0 Å². The van der Waals surface area contributed by atoms with Crippen LogP contribution in [0.25, 0.3) is 0 Å². The normalized spacial score (nSPS) is 12.7. The van der Waals surface area contributed by atoms with E-state index in [1.165, 1.54) is 0 Å². The second-order valence-electron chi connectivity index (χ2n) is 5.86. The molecular weight excluding hydrogens is 314 g/mol. The molecule has 2 rings (SSSR count). The average Bonchev–Trinajstić information content (AvgIpc) is 2.64. The lowest BCUT2D eigenvalue weighted by Crippen LogP contribution is -2.33. The van der Waals surface area contributed by atoms with E-state index in [0.717, 1.165) is 30.2 Å². The highest BCUT2D eigenvalue weighted by atomic mass is 16.6. The van der Waals surface area contributed by atoms with E-state index in [2.05, 4.69) is 24.5 Å². The zero-order valence-electron chi connectivity index (χ0n) is 14.7. The minimum absolute atomic E-state index is 0.00757. The number of nitrogens with one attached hydrogen (secondary N) is 2. The number of hydrogen-bond donors (Lipinski definition) is 2. The highest BCUT2D eigenvalue weighted by Gasteiger charge is 2.16. The Kier molecular flexibility index (Phi) is 7.01. The first-order valence-corrected chi connectivity index (χ1v) is 8.62. The highest BCUT2D eigenvalue weighted by Crippen LogP contribution is 2.20. The van der Waals surface area contributed by atoms with Gasteiger partial charge in [0.15, 0.2) is 5.82 Å². The summed E-state index contributed by atoms with van der Waals surface area (Å²) in [6.45, 7) is 4.12. The van der Waals surface area contributed by atoms with Crippen LogP contribution in [0, 0.1) is 10.1 Å². The summed E-state index contributed by atoms with van der Waals surface area (Å²) in [5, 5.41) is 17.7. The van der Waals surface area contributed by atoms with Crippen molar-refractivity contribution in [2.75, 3.05) is 0 Å². The van der Waals surface area contributed by atoms with Gasteiger partial charge in [-0.25, -0.2) is 0 Å². The first-order valence-electron chi connectivity index (χ1n) is 8.62. The first kappa shape index (κ1) is 18.5. The molecule has 0 saturated carbocycles. The number of benzene rings is 2. The summed E-state index contributed by atoms with van der Waals surface area (Å²) in [4.78, 5) is 10.6. The monoisotopic (exact) mass is 339 g/mol. The molecule has 2 N–H and O–H groups in total. The Morgan fingerprint density at radius 3 is 1.64 bits per heavy atom. The number of rotatable bonds is 9. The molecule has 0 saturated heterocycles. The van der Waals surface area contributed by atoms with Gasteiger partial charge in [-0.05, 0) is 24.0 Å². The molecule has 0 amide bonds. The van der Waals surface area contributed by atoms with E-state index in [-0.39, 0.29) is 12.1 Å². The zero-order chi connectivity index (χ0) is 18.1. The molecule has 2 atom stereocenters. The Hall–Kier alpha value is -2.82. The number of nitro groups is 1. The lowest BCUT2D eigenvalue weighted by Gasteiger charge is -2.24. The predicted octanol–water partition coefficient (Wildman–Crippen LogP) is 4.54. The maximum atomic E-state index is 11.1. The van der Waals surface area contributed by atoms with Crippen LogP contribution in [-0.4, -0.2) is 4.92 Å². The molecule has 0 heterocycles. The van der Waals surface area contributed by atoms with Crippen molar-refractivity contribution >= 4 is 0 Å². The summed E-state index contributed by atoms with van der Waals surface area (Å²) >= 11 is 0. The van der Waals surface area contributed by atoms with Crippen molar-refractivity contribution in [1.82, 2.24) is 10.6 Å². The van der Waals surface area contributed by atoms with Crippen LogP contribution in [0.2, 0.25) is 0 Å². The summed E-state index contributed by atoms with van der Waals surface area (Å²) in [7, 11) is 0. The van der Waals surface area contributed by atoms with Crippen LogP contribution in [-0.2, 0) is 0 Å². The molecule has 0 aliphatic carbocycles. The molecule has 0 bridgehead atoms. The molecule has 0 fully saturated rings. The van der Waals surface area contributed by atoms with E-state index >= 15 is 0 Å². The smallest absolute Gasteiger partial charge is 0.274 e. The van der Waals surface area contributed by atoms with Crippen molar-refractivity contribution in [3.63, 3.8) is 0 Å². The maximum Gasteiger partial charge on any atom is 0.274 e. The third-order valence-corrected chi connectivity index (χ3v) is 4.11. The SMILES string of the molecule is CCC(NC(=C[N+](=O)[O-])NC(CC)c1ccccc1)c1ccccc1. The molecule has 2 aromatic carbocycles. The Labute approximate surface area is 148 Å². The number of nitrogens with zero attached hydrogens (tertiary/aromatic N) is 1. The van der Waals surface area contributed by atoms with Gasteiger partial charge in [0.2, 0.25) is 0 Å². The minimum atomic E-state index is -0.426. The summed E-state index contributed by atoms with van der Waals surface area (Å²) in [6.07, 6.45) is 2.66. The zero-order valence-corrected chi connectivity index (χ0v) is 14.7. The molecule has 0 aliphatic rings. The maximum absolute atomic E-state index is 11.1. The molecule has 2 unspecified atom stereocenters. The molecule has 0 aromatic heterocycles. The summed E-state index contributed by atoms with van der Waals surface area (Å²) in [5.41, 5.74) is 2.21. The van der Waals surface area contributed by atoms with Gasteiger partial charge in [0.05, 0.1) is 17.0 Å². The highest BCUT2D eigenvalue weighted by molar-refractivity contribution is 5.22. The Morgan fingerprint density at radius 1 is 0.920 bits per heavy atom. The van der Waals surface area contributed by atoms with Crippen LogP contribution in [0.15, 0.2) is 72.7 Å². The Balaban J connectivity index is 2.19. The van der Waals surface area contributed by atoms with Crippen molar-refractivity contribution in [2.24, 2.45) is 0 Å². The average molecular weight is 339 g/mol.